The molecule has 1 aromatic rings. The van der Waals surface area contributed by atoms with E-state index in [1.807, 2.05) is 13.0 Å². The molecule has 0 atom stereocenters. The fourth-order valence-corrected chi connectivity index (χ4v) is 1.52. The summed E-state index contributed by atoms with van der Waals surface area (Å²) in [5.41, 5.74) is 6.13. The summed E-state index contributed by atoms with van der Waals surface area (Å²) in [6, 6.07) is 8.40. The second kappa shape index (κ2) is 6.52. The van der Waals surface area contributed by atoms with E-state index in [0.717, 1.165) is 0 Å². The number of nitrogens with two attached hydrogens (primary N) is 1. The van der Waals surface area contributed by atoms with Crippen LogP contribution in [0, 0.1) is 11.3 Å². The van der Waals surface area contributed by atoms with Crippen molar-refractivity contribution in [2.75, 3.05) is 19.6 Å². The molecule has 0 unspecified atom stereocenters. The van der Waals surface area contributed by atoms with E-state index in [1.54, 1.807) is 29.2 Å². The van der Waals surface area contributed by atoms with Crippen LogP contribution in [-0.2, 0) is 4.79 Å². The van der Waals surface area contributed by atoms with Gasteiger partial charge in [-0.1, -0.05) is 19.1 Å². The molecule has 1 rings (SSSR count). The zero-order chi connectivity index (χ0) is 13.5. The maximum atomic E-state index is 11.9. The summed E-state index contributed by atoms with van der Waals surface area (Å²) in [7, 11) is 0. The molecule has 0 heterocycles. The molecule has 0 bridgehead atoms. The highest BCUT2D eigenvalue weighted by Gasteiger charge is 2.12. The first-order chi connectivity index (χ1) is 8.56. The van der Waals surface area contributed by atoms with Crippen molar-refractivity contribution in [1.82, 2.24) is 4.90 Å². The van der Waals surface area contributed by atoms with E-state index >= 15 is 0 Å². The van der Waals surface area contributed by atoms with Gasteiger partial charge < -0.3 is 5.73 Å². The van der Waals surface area contributed by atoms with Gasteiger partial charge in [0.05, 0.1) is 24.7 Å². The summed E-state index contributed by atoms with van der Waals surface area (Å²) in [6.07, 6.45) is 0. The molecule has 0 spiro atoms. The molecule has 5 nitrogen and oxygen atoms in total. The maximum Gasteiger partial charge on any atom is 0.231 e. The first-order valence-corrected chi connectivity index (χ1v) is 5.60. The van der Waals surface area contributed by atoms with Gasteiger partial charge in [0.1, 0.15) is 0 Å². The Bertz CT molecular complexity index is 474. The van der Waals surface area contributed by atoms with Crippen molar-refractivity contribution < 1.29 is 9.59 Å². The van der Waals surface area contributed by atoms with Gasteiger partial charge in [0.25, 0.3) is 0 Å². The number of carbonyl (C=O) groups is 2. The Balaban J connectivity index is 2.68. The number of hydrogen-bond donors (Lipinski definition) is 1. The second-order valence-electron chi connectivity index (χ2n) is 3.88. The normalized spacial score (nSPS) is 10.1. The van der Waals surface area contributed by atoms with E-state index in [0.29, 0.717) is 17.7 Å². The minimum atomic E-state index is -0.454. The minimum absolute atomic E-state index is 0.0680. The number of Topliss-reactive ketones (excluding diaryl/α,β-unsaturated/α-hetero) is 1. The number of primary amides is 1. The summed E-state index contributed by atoms with van der Waals surface area (Å²) in [4.78, 5) is 24.4. The molecule has 0 aliphatic carbocycles. The third-order valence-electron chi connectivity index (χ3n) is 2.53. The van der Waals surface area contributed by atoms with E-state index in [1.165, 1.54) is 0 Å². The van der Waals surface area contributed by atoms with Crippen molar-refractivity contribution >= 4 is 11.7 Å². The largest absolute Gasteiger partial charge is 0.369 e. The van der Waals surface area contributed by atoms with Crippen LogP contribution in [0.1, 0.15) is 22.8 Å². The van der Waals surface area contributed by atoms with E-state index < -0.39 is 5.91 Å². The molecule has 5 heteroatoms. The molecular weight excluding hydrogens is 230 g/mol. The van der Waals surface area contributed by atoms with E-state index in [4.69, 9.17) is 11.0 Å². The lowest BCUT2D eigenvalue weighted by atomic mass is 10.1. The van der Waals surface area contributed by atoms with Crippen molar-refractivity contribution in [3.8, 4) is 6.07 Å². The number of hydrogen-bond acceptors (Lipinski definition) is 4. The zero-order valence-corrected chi connectivity index (χ0v) is 10.2. The molecule has 0 saturated heterocycles. The number of likely N-dealkylation sites (N-methyl/N-ethyl adjacent to an activating group) is 1. The van der Waals surface area contributed by atoms with E-state index in [-0.39, 0.29) is 18.9 Å². The molecule has 2 N–H and O–H groups in total. The number of carbonyl (C=O) groups excluding carboxylic acids is 2. The topological polar surface area (TPSA) is 87.2 Å². The van der Waals surface area contributed by atoms with Crippen LogP contribution < -0.4 is 5.73 Å². The fraction of sp³-hybridized carbons (Fsp3) is 0.308. The van der Waals surface area contributed by atoms with Gasteiger partial charge >= 0.3 is 0 Å². The molecule has 0 radical (unpaired) electrons. The summed E-state index contributed by atoms with van der Waals surface area (Å²) in [6.45, 7) is 2.64. The van der Waals surface area contributed by atoms with Crippen molar-refractivity contribution in [2.45, 2.75) is 6.92 Å². The standard InChI is InChI=1S/C13H15N3O2/c1-2-16(9-13(15)18)8-12(17)11-5-3-10(7-14)4-6-11/h3-6H,2,8-9H2,1H3,(H2,15,18). The molecule has 0 fully saturated rings. The van der Waals surface area contributed by atoms with Crippen LogP contribution in [0.15, 0.2) is 24.3 Å². The molecule has 18 heavy (non-hydrogen) atoms. The van der Waals surface area contributed by atoms with Gasteiger partial charge in [-0.15, -0.1) is 0 Å². The third kappa shape index (κ3) is 4.00. The second-order valence-corrected chi connectivity index (χ2v) is 3.88. The number of ketones is 1. The number of amides is 1. The quantitative estimate of drug-likeness (QED) is 0.741. The predicted octanol–water partition coefficient (Wildman–Crippen LogP) is 0.548. The molecule has 0 saturated carbocycles. The third-order valence-corrected chi connectivity index (χ3v) is 2.53. The highest BCUT2D eigenvalue weighted by atomic mass is 16.1. The van der Waals surface area contributed by atoms with Crippen LogP contribution in [0.4, 0.5) is 0 Å². The zero-order valence-electron chi connectivity index (χ0n) is 10.2. The molecular formula is C13H15N3O2. The fourth-order valence-electron chi connectivity index (χ4n) is 1.52. The SMILES string of the molecule is CCN(CC(N)=O)CC(=O)c1ccc(C#N)cc1. The molecule has 1 aromatic carbocycles. The van der Waals surface area contributed by atoms with Gasteiger partial charge in [0.2, 0.25) is 5.91 Å². The van der Waals surface area contributed by atoms with Crippen molar-refractivity contribution in [3.05, 3.63) is 35.4 Å². The van der Waals surface area contributed by atoms with Gasteiger partial charge in [0.15, 0.2) is 5.78 Å². The van der Waals surface area contributed by atoms with Crippen molar-refractivity contribution in [3.63, 3.8) is 0 Å². The predicted molar refractivity (Wildman–Crippen MR) is 66.8 cm³/mol. The lowest BCUT2D eigenvalue weighted by Gasteiger charge is -2.17. The number of nitrogens with zero attached hydrogens (tertiary/aromatic N) is 2. The molecule has 94 valence electrons. The Kier molecular flexibility index (Phi) is 5.03. The van der Waals surface area contributed by atoms with Gasteiger partial charge in [-0.25, -0.2) is 0 Å². The number of nitriles is 1. The summed E-state index contributed by atoms with van der Waals surface area (Å²) >= 11 is 0. The minimum Gasteiger partial charge on any atom is -0.369 e. The average Bonchev–Trinajstić information content (AvgIpc) is 2.37. The van der Waals surface area contributed by atoms with Crippen molar-refractivity contribution in [1.29, 1.82) is 5.26 Å². The van der Waals surface area contributed by atoms with Gasteiger partial charge in [-0.3, -0.25) is 14.5 Å². The van der Waals surface area contributed by atoms with Crippen LogP contribution in [0.25, 0.3) is 0 Å². The van der Waals surface area contributed by atoms with Gasteiger partial charge in [-0.2, -0.15) is 5.26 Å². The van der Waals surface area contributed by atoms with Gasteiger partial charge in [-0.05, 0) is 18.7 Å². The monoisotopic (exact) mass is 245 g/mol. The van der Waals surface area contributed by atoms with Crippen LogP contribution >= 0.6 is 0 Å². The Morgan fingerprint density at radius 2 is 1.89 bits per heavy atom. The average molecular weight is 245 g/mol. The van der Waals surface area contributed by atoms with Crippen LogP contribution in [-0.4, -0.2) is 36.2 Å². The Hall–Kier alpha value is -2.19. The number of rotatable bonds is 6. The number of benzene rings is 1. The summed E-state index contributed by atoms with van der Waals surface area (Å²) in [5.74, 6) is -0.549. The highest BCUT2D eigenvalue weighted by molar-refractivity contribution is 5.97. The van der Waals surface area contributed by atoms with Crippen LogP contribution in [0.2, 0.25) is 0 Å². The van der Waals surface area contributed by atoms with E-state index in [2.05, 4.69) is 0 Å². The lowest BCUT2D eigenvalue weighted by molar-refractivity contribution is -0.118. The Morgan fingerprint density at radius 3 is 2.33 bits per heavy atom. The summed E-state index contributed by atoms with van der Waals surface area (Å²) < 4.78 is 0. The van der Waals surface area contributed by atoms with Crippen LogP contribution in [0.3, 0.4) is 0 Å². The Morgan fingerprint density at radius 1 is 1.28 bits per heavy atom. The first-order valence-electron chi connectivity index (χ1n) is 5.60. The summed E-state index contributed by atoms with van der Waals surface area (Å²) in [5, 5.41) is 8.66. The first kappa shape index (κ1) is 13.9. The van der Waals surface area contributed by atoms with E-state index in [9.17, 15) is 9.59 Å². The molecule has 0 aliphatic rings. The molecule has 0 aliphatic heterocycles. The van der Waals surface area contributed by atoms with Crippen molar-refractivity contribution in [2.24, 2.45) is 5.73 Å². The van der Waals surface area contributed by atoms with Crippen LogP contribution in [0.5, 0.6) is 0 Å². The lowest BCUT2D eigenvalue weighted by Crippen LogP contribution is -2.37. The Labute approximate surface area is 106 Å². The molecule has 1 amide bonds. The smallest absolute Gasteiger partial charge is 0.231 e. The van der Waals surface area contributed by atoms with Gasteiger partial charge in [0, 0.05) is 5.56 Å². The molecule has 0 aromatic heterocycles. The maximum absolute atomic E-state index is 11.9. The highest BCUT2D eigenvalue weighted by Crippen LogP contribution is 2.05.